The first-order valence-corrected chi connectivity index (χ1v) is 27.0. The summed E-state index contributed by atoms with van der Waals surface area (Å²) < 4.78 is 6.53. The van der Waals surface area contributed by atoms with Crippen molar-refractivity contribution in [2.75, 3.05) is 9.80 Å². The van der Waals surface area contributed by atoms with Crippen LogP contribution in [0.4, 0.5) is 34.1 Å². The second-order valence-electron chi connectivity index (χ2n) is 20.0. The number of rotatable bonds is 12. The van der Waals surface area contributed by atoms with Crippen LogP contribution in [-0.2, 0) is 0 Å². The average Bonchev–Trinajstić information content (AvgIpc) is 3.92. The second-order valence-corrected chi connectivity index (χ2v) is 20.0. The fourth-order valence-electron chi connectivity index (χ4n) is 11.5. The Morgan fingerprint density at radius 1 is 0.203 bits per heavy atom. The van der Waals surface area contributed by atoms with Gasteiger partial charge in [0.05, 0.1) is 17.1 Å². The van der Waals surface area contributed by atoms with Gasteiger partial charge in [-0.25, -0.2) is 0 Å². The van der Waals surface area contributed by atoms with Gasteiger partial charge in [-0.3, -0.25) is 0 Å². The van der Waals surface area contributed by atoms with E-state index in [1.165, 1.54) is 27.5 Å². The van der Waals surface area contributed by atoms with Gasteiger partial charge in [0.1, 0.15) is 11.2 Å². The van der Waals surface area contributed by atoms with E-state index in [1.807, 2.05) is 0 Å². The molecule has 0 N–H and O–H groups in total. The maximum absolute atomic E-state index is 6.53. The van der Waals surface area contributed by atoms with Crippen LogP contribution in [0.15, 0.2) is 320 Å². The van der Waals surface area contributed by atoms with Gasteiger partial charge >= 0.3 is 0 Å². The zero-order chi connectivity index (χ0) is 52.5. The molecule has 0 amide bonds. The maximum Gasteiger partial charge on any atom is 0.136 e. The zero-order valence-corrected chi connectivity index (χ0v) is 43.3. The van der Waals surface area contributed by atoms with Crippen LogP contribution >= 0.6 is 0 Å². The molecule has 0 aliphatic carbocycles. The molecule has 3 heteroatoms. The highest BCUT2D eigenvalue weighted by atomic mass is 16.3. The van der Waals surface area contributed by atoms with Gasteiger partial charge in [-0.1, -0.05) is 237 Å². The van der Waals surface area contributed by atoms with E-state index in [-0.39, 0.29) is 0 Å². The van der Waals surface area contributed by atoms with Crippen molar-refractivity contribution in [2.24, 2.45) is 0 Å². The molecule has 0 aliphatic heterocycles. The first kappa shape index (κ1) is 47.0. The third-order valence-electron chi connectivity index (χ3n) is 15.2. The van der Waals surface area contributed by atoms with Gasteiger partial charge in [-0.2, -0.15) is 0 Å². The van der Waals surface area contributed by atoms with E-state index in [1.54, 1.807) is 0 Å². The molecule has 79 heavy (non-hydrogen) atoms. The van der Waals surface area contributed by atoms with E-state index >= 15 is 0 Å². The maximum atomic E-state index is 6.53. The van der Waals surface area contributed by atoms with Crippen LogP contribution in [0.25, 0.3) is 99.5 Å². The van der Waals surface area contributed by atoms with Gasteiger partial charge in [0.2, 0.25) is 0 Å². The molecule has 0 atom stereocenters. The Balaban J connectivity index is 0.903. The SMILES string of the molecule is c1ccc(-c2ccccc2-c2cccc(N(c3ccccc3-c3ccccc3)c3ccccc3-c3cccc(N(c4ccc(-c5ccc6c(c5)oc5cc7ccccc7cc56)cc4)c4ccccc4-c4ccccc4)c3)c2)cc1. The summed E-state index contributed by atoms with van der Waals surface area (Å²) in [6.45, 7) is 0. The first-order chi connectivity index (χ1) is 39.2. The fraction of sp³-hybridized carbons (Fsp3) is 0. The van der Waals surface area contributed by atoms with Crippen LogP contribution in [0.3, 0.4) is 0 Å². The minimum Gasteiger partial charge on any atom is -0.456 e. The number of hydrogen-bond acceptors (Lipinski definition) is 3. The lowest BCUT2D eigenvalue weighted by atomic mass is 9.94. The van der Waals surface area contributed by atoms with Crippen molar-refractivity contribution in [3.05, 3.63) is 315 Å². The minimum atomic E-state index is 0.880. The Bertz CT molecular complexity index is 4490. The molecule has 0 bridgehead atoms. The molecule has 1 aromatic heterocycles. The predicted octanol–water partition coefficient (Wildman–Crippen LogP) is 21.7. The zero-order valence-electron chi connectivity index (χ0n) is 43.3. The molecule has 14 aromatic rings. The Morgan fingerprint density at radius 3 is 1.16 bits per heavy atom. The van der Waals surface area contributed by atoms with Crippen molar-refractivity contribution < 1.29 is 4.42 Å². The van der Waals surface area contributed by atoms with Crippen molar-refractivity contribution in [1.29, 1.82) is 0 Å². The van der Waals surface area contributed by atoms with Crippen LogP contribution in [0.1, 0.15) is 0 Å². The molecule has 0 saturated carbocycles. The third-order valence-corrected chi connectivity index (χ3v) is 15.2. The van der Waals surface area contributed by atoms with Crippen molar-refractivity contribution in [3.8, 4) is 66.8 Å². The van der Waals surface area contributed by atoms with E-state index in [9.17, 15) is 0 Å². The smallest absolute Gasteiger partial charge is 0.136 e. The molecule has 14 rings (SSSR count). The number of anilines is 6. The average molecular weight is 1010 g/mol. The van der Waals surface area contributed by atoms with E-state index < -0.39 is 0 Å². The lowest BCUT2D eigenvalue weighted by molar-refractivity contribution is 0.669. The van der Waals surface area contributed by atoms with Crippen molar-refractivity contribution in [3.63, 3.8) is 0 Å². The fourth-order valence-corrected chi connectivity index (χ4v) is 11.5. The topological polar surface area (TPSA) is 19.6 Å². The molecular formula is C76H52N2O. The number of hydrogen-bond donors (Lipinski definition) is 0. The first-order valence-electron chi connectivity index (χ1n) is 27.0. The summed E-state index contributed by atoms with van der Waals surface area (Å²) in [7, 11) is 0. The highest BCUT2D eigenvalue weighted by molar-refractivity contribution is 6.11. The molecule has 0 aliphatic rings. The second kappa shape index (κ2) is 20.6. The summed E-state index contributed by atoms with van der Waals surface area (Å²) in [5, 5.41) is 4.63. The molecule has 372 valence electrons. The number of nitrogens with zero attached hydrogens (tertiary/aromatic N) is 2. The largest absolute Gasteiger partial charge is 0.456 e. The molecule has 0 spiro atoms. The lowest BCUT2D eigenvalue weighted by Gasteiger charge is -2.31. The van der Waals surface area contributed by atoms with E-state index in [0.717, 1.165) is 106 Å². The summed E-state index contributed by atoms with van der Waals surface area (Å²) in [5.74, 6) is 0. The van der Waals surface area contributed by atoms with Gasteiger partial charge in [0, 0.05) is 44.5 Å². The normalized spacial score (nSPS) is 11.3. The van der Waals surface area contributed by atoms with E-state index in [2.05, 4.69) is 325 Å². The Hall–Kier alpha value is -10.5. The molecule has 0 fully saturated rings. The van der Waals surface area contributed by atoms with Gasteiger partial charge in [0.25, 0.3) is 0 Å². The van der Waals surface area contributed by atoms with E-state index in [4.69, 9.17) is 4.42 Å². The number of furan rings is 1. The molecule has 1 heterocycles. The summed E-state index contributed by atoms with van der Waals surface area (Å²) >= 11 is 0. The molecule has 13 aromatic carbocycles. The number of para-hydroxylation sites is 3. The molecule has 0 saturated heterocycles. The van der Waals surface area contributed by atoms with Crippen LogP contribution in [0.2, 0.25) is 0 Å². The Labute approximate surface area is 460 Å². The van der Waals surface area contributed by atoms with Crippen LogP contribution < -0.4 is 9.80 Å². The van der Waals surface area contributed by atoms with Gasteiger partial charge in [0.15, 0.2) is 0 Å². The van der Waals surface area contributed by atoms with Gasteiger partial charge < -0.3 is 14.2 Å². The summed E-state index contributed by atoms with van der Waals surface area (Å²) in [6, 6.07) is 114. The van der Waals surface area contributed by atoms with Crippen molar-refractivity contribution in [2.45, 2.75) is 0 Å². The summed E-state index contributed by atoms with van der Waals surface area (Å²) in [4.78, 5) is 4.85. The highest BCUT2D eigenvalue weighted by Crippen LogP contribution is 2.48. The van der Waals surface area contributed by atoms with Crippen LogP contribution in [-0.4, -0.2) is 0 Å². The number of benzene rings is 13. The van der Waals surface area contributed by atoms with Gasteiger partial charge in [-0.15, -0.1) is 0 Å². The van der Waals surface area contributed by atoms with E-state index in [0.29, 0.717) is 0 Å². The number of fused-ring (bicyclic) bond motifs is 4. The summed E-state index contributed by atoms with van der Waals surface area (Å²) in [6.07, 6.45) is 0. The quantitative estimate of drug-likeness (QED) is 0.122. The standard InChI is InChI=1S/C76H52N2O/c1-4-22-54(23-5-1)65-34-12-13-35-66(65)60-30-20-33-64(48-60)78(73-40-18-15-37-68(73)56-26-8-3-9-27-56)74-41-19-16-38-69(74)61-31-21-32-63(49-61)77(72-39-17-14-36-67(72)55-24-6-2-7-25-55)62-45-42-53(43-46-62)59-44-47-70-71-50-57-28-10-11-29-58(57)51-76(71)79-75(70)52-59/h1-52H. The molecule has 0 radical (unpaired) electrons. The van der Waals surface area contributed by atoms with Crippen molar-refractivity contribution in [1.82, 2.24) is 0 Å². The monoisotopic (exact) mass is 1010 g/mol. The minimum absolute atomic E-state index is 0.880. The third kappa shape index (κ3) is 8.99. The molecule has 3 nitrogen and oxygen atoms in total. The Morgan fingerprint density at radius 2 is 0.595 bits per heavy atom. The van der Waals surface area contributed by atoms with Crippen LogP contribution in [0.5, 0.6) is 0 Å². The lowest BCUT2D eigenvalue weighted by Crippen LogP contribution is -2.13. The highest BCUT2D eigenvalue weighted by Gasteiger charge is 2.23. The summed E-state index contributed by atoms with van der Waals surface area (Å²) in [5.41, 5.74) is 21.8. The van der Waals surface area contributed by atoms with Crippen molar-refractivity contribution >= 4 is 66.8 Å². The van der Waals surface area contributed by atoms with Crippen LogP contribution in [0, 0.1) is 0 Å². The Kier molecular flexibility index (Phi) is 12.2. The molecular weight excluding hydrogens is 957 g/mol. The predicted molar refractivity (Wildman–Crippen MR) is 333 cm³/mol. The van der Waals surface area contributed by atoms with Gasteiger partial charge in [-0.05, 0) is 140 Å². The molecule has 0 unspecified atom stereocenters.